The van der Waals surface area contributed by atoms with Crippen LogP contribution in [0.25, 0.3) is 0 Å². The highest BCUT2D eigenvalue weighted by Crippen LogP contribution is 2.22. The van der Waals surface area contributed by atoms with Crippen LogP contribution in [0.4, 0.5) is 5.69 Å². The molecule has 0 amide bonds. The van der Waals surface area contributed by atoms with Gasteiger partial charge in [-0.2, -0.15) is 8.42 Å². The molecule has 170 valence electrons. The fraction of sp³-hybridized carbons (Fsp3) is 0.316. The summed E-state index contributed by atoms with van der Waals surface area (Å²) in [6.45, 7) is 3.04. The first-order valence-corrected chi connectivity index (χ1v) is 13.3. The quantitative estimate of drug-likeness (QED) is 0.350. The highest BCUT2D eigenvalue weighted by atomic mass is 32.3. The number of thioether (sulfide) groups is 1. The van der Waals surface area contributed by atoms with Gasteiger partial charge in [-0.05, 0) is 43.3 Å². The van der Waals surface area contributed by atoms with E-state index in [1.165, 1.54) is 23.9 Å². The summed E-state index contributed by atoms with van der Waals surface area (Å²) in [4.78, 5) is 11.3. The number of rotatable bonds is 6. The van der Waals surface area contributed by atoms with Crippen LogP contribution in [0.5, 0.6) is 0 Å². The fourth-order valence-electron chi connectivity index (χ4n) is 2.52. The Hall–Kier alpha value is -1.96. The number of Topliss-reactive ketones (excluding diaryl/α,β-unsaturated/α-hetero) is 1. The standard InChI is InChI=1S/C12H17N3O3S2.C7H8O3S/c13-7-11(16)9-1-3-10(4-2-9)15-20(17,18)12-8-14-5-6-19-12;1-6-2-4-7(5-3-6)11(8,9)10/h1-4,12,14-15H,5-8,13H2;2-5H,1H3,(H,8,9,10). The molecule has 3 rings (SSSR count). The summed E-state index contributed by atoms with van der Waals surface area (Å²) in [5.74, 6) is 0.599. The lowest BCUT2D eigenvalue weighted by molar-refractivity contribution is 0.100. The van der Waals surface area contributed by atoms with Crippen molar-refractivity contribution in [3.8, 4) is 0 Å². The van der Waals surface area contributed by atoms with Gasteiger partial charge in [0.05, 0.1) is 11.4 Å². The van der Waals surface area contributed by atoms with Crippen LogP contribution in [0.1, 0.15) is 15.9 Å². The summed E-state index contributed by atoms with van der Waals surface area (Å²) < 4.78 is 55.9. The van der Waals surface area contributed by atoms with E-state index in [1.807, 2.05) is 6.92 Å². The molecule has 0 aromatic heterocycles. The van der Waals surface area contributed by atoms with Gasteiger partial charge in [0.25, 0.3) is 10.1 Å². The number of benzene rings is 2. The molecule has 1 heterocycles. The second-order valence-electron chi connectivity index (χ2n) is 6.64. The van der Waals surface area contributed by atoms with E-state index in [2.05, 4.69) is 10.0 Å². The maximum absolute atomic E-state index is 12.2. The summed E-state index contributed by atoms with van der Waals surface area (Å²) in [7, 11) is -7.45. The molecule has 1 aliphatic rings. The summed E-state index contributed by atoms with van der Waals surface area (Å²) >= 11 is 1.42. The summed E-state index contributed by atoms with van der Waals surface area (Å²) in [5.41, 5.74) is 7.15. The van der Waals surface area contributed by atoms with Crippen molar-refractivity contribution in [1.82, 2.24) is 5.32 Å². The van der Waals surface area contributed by atoms with Crippen molar-refractivity contribution in [3.63, 3.8) is 0 Å². The Bertz CT molecular complexity index is 1080. The Labute approximate surface area is 186 Å². The van der Waals surface area contributed by atoms with Crippen molar-refractivity contribution < 1.29 is 26.2 Å². The van der Waals surface area contributed by atoms with Crippen LogP contribution in [-0.2, 0) is 20.1 Å². The second-order valence-corrected chi connectivity index (χ2v) is 11.5. The van der Waals surface area contributed by atoms with E-state index in [1.54, 1.807) is 36.4 Å². The average Bonchev–Trinajstić information content (AvgIpc) is 2.74. The molecule has 9 nitrogen and oxygen atoms in total. The number of aryl methyl sites for hydroxylation is 1. The molecule has 0 spiro atoms. The minimum absolute atomic E-state index is 0.0601. The summed E-state index contributed by atoms with van der Waals surface area (Å²) in [5, 5.41) is 3.06. The van der Waals surface area contributed by atoms with Gasteiger partial charge in [-0.1, -0.05) is 17.7 Å². The molecule has 1 atom stereocenters. The number of carbonyl (C=O) groups is 1. The maximum Gasteiger partial charge on any atom is 0.294 e. The van der Waals surface area contributed by atoms with Gasteiger partial charge in [-0.15, -0.1) is 11.8 Å². The molecule has 1 aliphatic heterocycles. The summed E-state index contributed by atoms with van der Waals surface area (Å²) in [6, 6.07) is 12.3. The lowest BCUT2D eigenvalue weighted by Gasteiger charge is -2.23. The minimum Gasteiger partial charge on any atom is -0.324 e. The van der Waals surface area contributed by atoms with Crippen LogP contribution in [0.15, 0.2) is 53.4 Å². The molecule has 2 aromatic carbocycles. The highest BCUT2D eigenvalue weighted by Gasteiger charge is 2.27. The van der Waals surface area contributed by atoms with Gasteiger partial charge in [0.2, 0.25) is 10.0 Å². The smallest absolute Gasteiger partial charge is 0.294 e. The third-order valence-corrected chi connectivity index (χ3v) is 8.60. The first-order chi connectivity index (χ1) is 14.5. The minimum atomic E-state index is -4.02. The van der Waals surface area contributed by atoms with Gasteiger partial charge >= 0.3 is 0 Å². The number of ketones is 1. The Kier molecular flexibility index (Phi) is 9.03. The van der Waals surface area contributed by atoms with Gasteiger partial charge < -0.3 is 11.1 Å². The second kappa shape index (κ2) is 11.1. The van der Waals surface area contributed by atoms with Crippen molar-refractivity contribution in [2.75, 3.05) is 30.1 Å². The fourth-order valence-corrected chi connectivity index (χ4v) is 5.85. The van der Waals surface area contributed by atoms with Gasteiger partial charge in [-0.3, -0.25) is 14.1 Å². The zero-order valence-corrected chi connectivity index (χ0v) is 19.3. The first kappa shape index (κ1) is 25.3. The number of nitrogens with one attached hydrogen (secondary N) is 2. The third kappa shape index (κ3) is 7.91. The average molecular weight is 488 g/mol. The van der Waals surface area contributed by atoms with Gasteiger partial charge in [-0.25, -0.2) is 8.42 Å². The van der Waals surface area contributed by atoms with Crippen molar-refractivity contribution in [1.29, 1.82) is 0 Å². The molecule has 0 radical (unpaired) electrons. The SMILES string of the molecule is Cc1ccc(S(=O)(=O)O)cc1.NCC(=O)c1ccc(NS(=O)(=O)C2CNCCS2)cc1. The highest BCUT2D eigenvalue weighted by molar-refractivity contribution is 8.14. The van der Waals surface area contributed by atoms with Gasteiger partial charge in [0.1, 0.15) is 4.58 Å². The molecule has 0 aliphatic carbocycles. The molecular formula is C19H25N3O6S3. The Balaban J connectivity index is 0.000000262. The van der Waals surface area contributed by atoms with E-state index in [0.29, 0.717) is 17.8 Å². The predicted octanol–water partition coefficient (Wildman–Crippen LogP) is 1.47. The number of hydrogen-bond acceptors (Lipinski definition) is 8. The van der Waals surface area contributed by atoms with E-state index in [9.17, 15) is 21.6 Å². The van der Waals surface area contributed by atoms with E-state index in [-0.39, 0.29) is 17.2 Å². The number of hydrogen-bond donors (Lipinski definition) is 4. The lowest BCUT2D eigenvalue weighted by atomic mass is 10.1. The Morgan fingerprint density at radius 1 is 1.13 bits per heavy atom. The molecule has 1 saturated heterocycles. The van der Waals surface area contributed by atoms with E-state index < -0.39 is 24.7 Å². The molecule has 31 heavy (non-hydrogen) atoms. The molecule has 5 N–H and O–H groups in total. The van der Waals surface area contributed by atoms with E-state index in [4.69, 9.17) is 10.3 Å². The van der Waals surface area contributed by atoms with Crippen LogP contribution in [-0.4, -0.2) is 57.1 Å². The Morgan fingerprint density at radius 3 is 2.23 bits per heavy atom. The van der Waals surface area contributed by atoms with Crippen LogP contribution < -0.4 is 15.8 Å². The van der Waals surface area contributed by atoms with E-state index in [0.717, 1.165) is 17.9 Å². The number of carbonyl (C=O) groups excluding carboxylic acids is 1. The van der Waals surface area contributed by atoms with Gasteiger partial charge in [0.15, 0.2) is 5.78 Å². The Morgan fingerprint density at radius 2 is 1.74 bits per heavy atom. The van der Waals surface area contributed by atoms with Crippen molar-refractivity contribution in [3.05, 3.63) is 59.7 Å². The monoisotopic (exact) mass is 487 g/mol. The number of sulfonamides is 1. The first-order valence-electron chi connectivity index (χ1n) is 9.24. The zero-order chi connectivity index (χ0) is 23.1. The third-order valence-electron chi connectivity index (χ3n) is 4.21. The molecule has 1 fully saturated rings. The van der Waals surface area contributed by atoms with Crippen LogP contribution >= 0.6 is 11.8 Å². The predicted molar refractivity (Wildman–Crippen MR) is 122 cm³/mol. The molecule has 2 aromatic rings. The largest absolute Gasteiger partial charge is 0.324 e. The van der Waals surface area contributed by atoms with E-state index >= 15 is 0 Å². The number of anilines is 1. The van der Waals surface area contributed by atoms with Crippen molar-refractivity contribution in [2.24, 2.45) is 5.73 Å². The molecule has 0 saturated carbocycles. The zero-order valence-electron chi connectivity index (χ0n) is 16.8. The molecular weight excluding hydrogens is 462 g/mol. The van der Waals surface area contributed by atoms with Gasteiger partial charge in [0, 0.05) is 30.1 Å². The normalized spacial score (nSPS) is 16.7. The maximum atomic E-state index is 12.2. The molecule has 1 unspecified atom stereocenters. The van der Waals surface area contributed by atoms with Crippen molar-refractivity contribution in [2.45, 2.75) is 16.4 Å². The van der Waals surface area contributed by atoms with Crippen LogP contribution in [0.2, 0.25) is 0 Å². The molecule has 12 heteroatoms. The van der Waals surface area contributed by atoms with Crippen LogP contribution in [0, 0.1) is 6.92 Å². The lowest BCUT2D eigenvalue weighted by Crippen LogP contribution is -2.40. The molecule has 0 bridgehead atoms. The number of nitrogens with two attached hydrogens (primary N) is 1. The van der Waals surface area contributed by atoms with Crippen molar-refractivity contribution >= 4 is 43.4 Å². The summed E-state index contributed by atoms with van der Waals surface area (Å²) in [6.07, 6.45) is 0. The van der Waals surface area contributed by atoms with Crippen LogP contribution in [0.3, 0.4) is 0 Å². The topological polar surface area (TPSA) is 156 Å².